The lowest BCUT2D eigenvalue weighted by atomic mass is 15.8. The molecule has 0 aromatic carbocycles. The van der Waals surface area contributed by atoms with E-state index in [0.717, 1.165) is 0 Å². The van der Waals surface area contributed by atoms with Crippen molar-refractivity contribution in [2.24, 2.45) is 0 Å². The lowest BCUT2D eigenvalue weighted by Crippen LogP contribution is -1.91. The predicted molar refractivity (Wildman–Crippen MR) is 25.7 cm³/mol. The van der Waals surface area contributed by atoms with Crippen molar-refractivity contribution in [1.29, 1.82) is 0 Å². The van der Waals surface area contributed by atoms with E-state index < -0.39 is 27.8 Å². The molecule has 0 N–H and O–H groups in total. The third-order valence-corrected chi connectivity index (χ3v) is 0. The van der Waals surface area contributed by atoms with Crippen LogP contribution in [-0.4, -0.2) is 17.5 Å². The summed E-state index contributed by atoms with van der Waals surface area (Å²) in [5, 5.41) is 0. The van der Waals surface area contributed by atoms with Gasteiger partial charge < -0.3 is 18.9 Å². The van der Waals surface area contributed by atoms with Gasteiger partial charge in [0.1, 0.15) is 0 Å². The molecule has 0 aliphatic rings. The minimum absolute atomic E-state index is 1.08. The second kappa shape index (κ2) is 12.6. The maximum absolute atomic E-state index is 8.52. The Morgan fingerprint density at radius 3 is 0.909 bits per heavy atom. The first kappa shape index (κ1) is 17.2. The van der Waals surface area contributed by atoms with Gasteiger partial charge in [-0.2, -0.15) is 0 Å². The topological polar surface area (TPSA) is 161 Å². The Hall–Kier alpha value is -0.0100. The fourth-order valence-electron chi connectivity index (χ4n) is 0. The van der Waals surface area contributed by atoms with Crippen molar-refractivity contribution < 1.29 is 36.4 Å². The van der Waals surface area contributed by atoms with Gasteiger partial charge in [0, 0.05) is 10.4 Å². The fraction of sp³-hybridized carbons (Fsp3) is 0. The van der Waals surface area contributed by atoms with Crippen molar-refractivity contribution in [1.82, 2.24) is 0 Å². The van der Waals surface area contributed by atoms with Crippen LogP contribution >= 0.6 is 17.4 Å². The van der Waals surface area contributed by atoms with Crippen molar-refractivity contribution in [2.75, 3.05) is 0 Å². The van der Waals surface area contributed by atoms with Gasteiger partial charge >= 0.3 is 0 Å². The van der Waals surface area contributed by atoms with Crippen molar-refractivity contribution >= 4 is 27.8 Å². The Kier molecular flexibility index (Phi) is 19.8. The smallest absolute Gasteiger partial charge is 0.0642 e. The van der Waals surface area contributed by atoms with Crippen LogP contribution in [0.4, 0.5) is 0 Å². The molecule has 0 amide bonds. The summed E-state index contributed by atoms with van der Waals surface area (Å²) in [6, 6.07) is 0. The molecule has 0 aliphatic heterocycles. The summed E-state index contributed by atoms with van der Waals surface area (Å²) in [6.07, 6.45) is 0. The van der Waals surface area contributed by atoms with Crippen LogP contribution in [0.15, 0.2) is 0 Å². The molecule has 0 atom stereocenters. The number of hydrogen-bond donors (Lipinski definition) is 0. The molecule has 0 aromatic rings. The summed E-state index contributed by atoms with van der Waals surface area (Å²) in [4.78, 5) is 16.7. The lowest BCUT2D eigenvalue weighted by Gasteiger charge is -2.06. The Morgan fingerprint density at radius 2 is 0.909 bits per heavy atom. The van der Waals surface area contributed by atoms with Gasteiger partial charge in [-0.25, -0.2) is 0 Å². The molecule has 11 heteroatoms. The number of rotatable bonds is 0. The summed E-state index contributed by atoms with van der Waals surface area (Å²) in [5.41, 5.74) is 0. The monoisotopic (exact) mass is 222 g/mol. The molecule has 0 saturated carbocycles. The average Bonchev–Trinajstić information content (AvgIpc) is 1.62. The molecular weight excluding hydrogens is 222 g/mol. The zero-order valence-electron chi connectivity index (χ0n) is 4.57. The van der Waals surface area contributed by atoms with Crippen LogP contribution in [0.1, 0.15) is 0 Å². The summed E-state index contributed by atoms with van der Waals surface area (Å²) in [7, 11) is -7.33. The fourth-order valence-corrected chi connectivity index (χ4v) is 0. The van der Waals surface area contributed by atoms with Gasteiger partial charge in [-0.05, 0) is 0 Å². The van der Waals surface area contributed by atoms with Crippen LogP contribution in [0, 0.1) is 0 Å². The largest absolute Gasteiger partial charge is 0.772 e. The molecule has 0 unspecified atom stereocenters. The highest BCUT2D eigenvalue weighted by atomic mass is 32.3. The Morgan fingerprint density at radius 1 is 0.909 bits per heavy atom. The highest BCUT2D eigenvalue weighted by Crippen LogP contribution is 1.57. The normalized spacial score (nSPS) is 9.09. The summed E-state index contributed by atoms with van der Waals surface area (Å²) in [6.45, 7) is 0. The van der Waals surface area contributed by atoms with Crippen molar-refractivity contribution in [3.8, 4) is 0 Å². The highest BCUT2D eigenvalue weighted by molar-refractivity contribution is 7.79. The van der Waals surface area contributed by atoms with E-state index in [2.05, 4.69) is 0 Å². The van der Waals surface area contributed by atoms with Crippen LogP contribution in [0.2, 0.25) is 0 Å². The molecule has 0 saturated heterocycles. The molecule has 0 radical (unpaired) electrons. The van der Waals surface area contributed by atoms with E-state index in [-0.39, 0.29) is 0 Å². The first-order chi connectivity index (χ1) is 4.83. The molecule has 0 heterocycles. The average molecular weight is 222 g/mol. The van der Waals surface area contributed by atoms with Crippen LogP contribution in [-0.2, 0) is 19.5 Å². The van der Waals surface area contributed by atoms with E-state index >= 15 is 0 Å². The summed E-state index contributed by atoms with van der Waals surface area (Å²) < 4.78 is 50.8. The predicted octanol–water partition coefficient (Wildman–Crippen LogP) is -2.23. The molecule has 8 nitrogen and oxygen atoms in total. The van der Waals surface area contributed by atoms with Crippen LogP contribution < -0.4 is 9.79 Å². The maximum atomic E-state index is 8.52. The zero-order valence-corrected chi connectivity index (χ0v) is 7.17. The molecule has 68 valence electrons. The first-order valence-corrected chi connectivity index (χ1v) is 4.19. The quantitative estimate of drug-likeness (QED) is 0.252. The molecule has 0 aliphatic carbocycles. The van der Waals surface area contributed by atoms with Gasteiger partial charge in [0.15, 0.2) is 0 Å². The minimum Gasteiger partial charge on any atom is -0.772 e. The molecule has 11 heavy (non-hydrogen) atoms. The van der Waals surface area contributed by atoms with Crippen LogP contribution in [0.25, 0.3) is 0 Å². The van der Waals surface area contributed by atoms with Gasteiger partial charge in [-0.3, -0.25) is 17.5 Å². The highest BCUT2D eigenvalue weighted by Gasteiger charge is 1.49. The van der Waals surface area contributed by atoms with Gasteiger partial charge in [-0.15, -0.1) is 0 Å². The van der Waals surface area contributed by atoms with Gasteiger partial charge in [0.25, 0.3) is 0 Å². The third-order valence-electron chi connectivity index (χ3n) is 0. The van der Waals surface area contributed by atoms with Crippen LogP contribution in [0.3, 0.4) is 0 Å². The van der Waals surface area contributed by atoms with Crippen molar-refractivity contribution in [3.63, 3.8) is 0 Å². The van der Waals surface area contributed by atoms with E-state index in [1.165, 1.54) is 0 Å². The van der Waals surface area contributed by atoms with Gasteiger partial charge in [0.05, 0.1) is 17.4 Å². The van der Waals surface area contributed by atoms with E-state index in [1.54, 1.807) is 0 Å². The lowest BCUT2D eigenvalue weighted by molar-refractivity contribution is -0.155. The first-order valence-electron chi connectivity index (χ1n) is 1.40. The zero-order chi connectivity index (χ0) is 9.91. The van der Waals surface area contributed by atoms with E-state index in [1.807, 2.05) is 0 Å². The summed E-state index contributed by atoms with van der Waals surface area (Å²) >= 11 is 0. The minimum atomic E-state index is -5.17. The SMILES string of the molecule is O=P[O-].O=P[O-].O=S(=O)([O-])[O-]. The second-order valence-electron chi connectivity index (χ2n) is 0.557. The molecule has 0 rings (SSSR count). The van der Waals surface area contributed by atoms with Crippen LogP contribution in [0.5, 0.6) is 0 Å². The molecule has 0 bridgehead atoms. The molecular formula is O8P2S-4. The molecule has 0 spiro atoms. The van der Waals surface area contributed by atoms with E-state index in [4.69, 9.17) is 36.4 Å². The summed E-state index contributed by atoms with van der Waals surface area (Å²) in [5.74, 6) is 0. The van der Waals surface area contributed by atoms with Crippen molar-refractivity contribution in [3.05, 3.63) is 0 Å². The number of hydrogen-bond acceptors (Lipinski definition) is 8. The van der Waals surface area contributed by atoms with Gasteiger partial charge in [0.2, 0.25) is 0 Å². The Bertz CT molecular complexity index is 153. The molecule has 0 fully saturated rings. The maximum Gasteiger partial charge on any atom is 0.0642 e. The van der Waals surface area contributed by atoms with E-state index in [0.29, 0.717) is 0 Å². The third kappa shape index (κ3) is 6380000. The molecule has 0 aromatic heterocycles. The Balaban J connectivity index is -0.0000000933. The van der Waals surface area contributed by atoms with E-state index in [9.17, 15) is 0 Å². The standard InChI is InChI=1S/H2O4S.2HO2P/c1-5(2,3)4;2*1-3-2/h(H2,1,2,3,4);2*(H,1,2)/p-4. The Labute approximate surface area is 65.0 Å². The van der Waals surface area contributed by atoms with Gasteiger partial charge in [-0.1, -0.05) is 0 Å². The van der Waals surface area contributed by atoms with Crippen molar-refractivity contribution in [2.45, 2.75) is 0 Å². The second-order valence-corrected chi connectivity index (χ2v) is 1.67.